The summed E-state index contributed by atoms with van der Waals surface area (Å²) in [6.45, 7) is 0. The summed E-state index contributed by atoms with van der Waals surface area (Å²) in [5.74, 6) is 1.29. The fourth-order valence-corrected chi connectivity index (χ4v) is 5.84. The van der Waals surface area contributed by atoms with Crippen LogP contribution in [0.2, 0.25) is 0 Å². The molecular formula is C39H26N3O-. The van der Waals surface area contributed by atoms with Crippen LogP contribution >= 0.6 is 0 Å². The van der Waals surface area contributed by atoms with E-state index in [9.17, 15) is 0 Å². The van der Waals surface area contributed by atoms with Crippen LogP contribution in [0.5, 0.6) is 0 Å². The maximum atomic E-state index is 6.49. The van der Waals surface area contributed by atoms with Crippen molar-refractivity contribution in [1.29, 1.82) is 0 Å². The largest absolute Gasteiger partial charge is 0.456 e. The Kier molecular flexibility index (Phi) is 6.16. The topological polar surface area (TPSA) is 52.0 Å². The third-order valence-electron chi connectivity index (χ3n) is 7.87. The zero-order chi connectivity index (χ0) is 28.6. The van der Waals surface area contributed by atoms with Crippen molar-refractivity contribution in [1.82, 2.24) is 0 Å². The van der Waals surface area contributed by atoms with Gasteiger partial charge >= 0.3 is 0 Å². The number of nitrogens with zero attached hydrogens (tertiary/aromatic N) is 3. The molecule has 4 nitrogen and oxygen atoms in total. The number of para-hydroxylation sites is 1. The second-order valence-corrected chi connectivity index (χ2v) is 10.6. The molecule has 4 heteroatoms. The van der Waals surface area contributed by atoms with Gasteiger partial charge in [-0.25, -0.2) is 0 Å². The fourth-order valence-electron chi connectivity index (χ4n) is 5.84. The molecule has 0 saturated carbocycles. The highest BCUT2D eigenvalue weighted by molar-refractivity contribution is 6.22. The highest BCUT2D eigenvalue weighted by atomic mass is 16.3. The molecule has 7 aromatic rings. The van der Waals surface area contributed by atoms with Gasteiger partial charge < -0.3 is 14.7 Å². The molecule has 0 spiro atoms. The maximum Gasteiger partial charge on any atom is 0.136 e. The minimum atomic E-state index is -0.407. The van der Waals surface area contributed by atoms with Gasteiger partial charge in [-0.05, 0) is 57.1 Å². The van der Waals surface area contributed by atoms with E-state index in [2.05, 4.69) is 84.9 Å². The van der Waals surface area contributed by atoms with Gasteiger partial charge in [0.2, 0.25) is 0 Å². The molecule has 0 fully saturated rings. The number of hydrogen-bond donors (Lipinski definition) is 0. The van der Waals surface area contributed by atoms with Crippen LogP contribution in [-0.2, 0) is 0 Å². The summed E-state index contributed by atoms with van der Waals surface area (Å²) in [6, 6.07) is 51.8. The van der Waals surface area contributed by atoms with Crippen LogP contribution in [0.15, 0.2) is 166 Å². The zero-order valence-corrected chi connectivity index (χ0v) is 23.3. The predicted octanol–water partition coefficient (Wildman–Crippen LogP) is 10.2. The van der Waals surface area contributed by atoms with E-state index in [1.54, 1.807) is 0 Å². The molecule has 0 amide bonds. The van der Waals surface area contributed by atoms with Crippen molar-refractivity contribution in [2.45, 2.75) is 6.17 Å². The van der Waals surface area contributed by atoms with Crippen LogP contribution < -0.4 is 0 Å². The molecule has 1 unspecified atom stereocenters. The molecule has 0 N–H and O–H groups in total. The number of rotatable bonds is 5. The molecule has 0 aliphatic carbocycles. The fraction of sp³-hybridized carbons (Fsp3) is 0.0256. The molecule has 1 aliphatic rings. The second kappa shape index (κ2) is 10.6. The Morgan fingerprint density at radius 2 is 1.14 bits per heavy atom. The van der Waals surface area contributed by atoms with E-state index in [-0.39, 0.29) is 0 Å². The van der Waals surface area contributed by atoms with Crippen LogP contribution in [0, 0.1) is 0 Å². The highest BCUT2D eigenvalue weighted by Gasteiger charge is 2.19. The SMILES string of the molecule is c1ccc(C2=NC(c3ccccc3)[N-]C(c3cc(-c4ccccc4-c4ccccc4)c4c(c3)oc3ccccc34)=N2)cc1. The molecule has 0 radical (unpaired) electrons. The summed E-state index contributed by atoms with van der Waals surface area (Å²) >= 11 is 0. The first kappa shape index (κ1) is 25.0. The van der Waals surface area contributed by atoms with Gasteiger partial charge in [-0.15, -0.1) is 0 Å². The van der Waals surface area contributed by atoms with Crippen molar-refractivity contribution in [2.24, 2.45) is 9.98 Å². The first-order valence-electron chi connectivity index (χ1n) is 14.4. The highest BCUT2D eigenvalue weighted by Crippen LogP contribution is 2.42. The second-order valence-electron chi connectivity index (χ2n) is 10.6. The average Bonchev–Trinajstić information content (AvgIpc) is 3.47. The van der Waals surface area contributed by atoms with Crippen LogP contribution in [0.25, 0.3) is 49.5 Å². The Hall–Kier alpha value is -5.74. The smallest absolute Gasteiger partial charge is 0.136 e. The molecule has 1 aromatic heterocycles. The van der Waals surface area contributed by atoms with Gasteiger partial charge in [0.05, 0.1) is 12.0 Å². The van der Waals surface area contributed by atoms with E-state index in [1.165, 1.54) is 0 Å². The lowest BCUT2D eigenvalue weighted by Gasteiger charge is -2.32. The normalized spacial score (nSPS) is 14.7. The molecule has 8 rings (SSSR count). The number of furan rings is 1. The Morgan fingerprint density at radius 3 is 1.91 bits per heavy atom. The average molecular weight is 553 g/mol. The van der Waals surface area contributed by atoms with Crippen LogP contribution in [0.3, 0.4) is 0 Å². The number of fused-ring (bicyclic) bond motifs is 3. The van der Waals surface area contributed by atoms with E-state index in [0.717, 1.165) is 60.9 Å². The number of amidine groups is 2. The predicted molar refractivity (Wildman–Crippen MR) is 177 cm³/mol. The van der Waals surface area contributed by atoms with Crippen molar-refractivity contribution < 1.29 is 4.42 Å². The van der Waals surface area contributed by atoms with Crippen molar-refractivity contribution in [3.8, 4) is 22.3 Å². The minimum absolute atomic E-state index is 0.407. The summed E-state index contributed by atoms with van der Waals surface area (Å²) in [5.41, 5.74) is 9.02. The van der Waals surface area contributed by atoms with Crippen molar-refractivity contribution >= 4 is 33.6 Å². The van der Waals surface area contributed by atoms with Crippen molar-refractivity contribution in [2.75, 3.05) is 0 Å². The van der Waals surface area contributed by atoms with Gasteiger partial charge in [-0.1, -0.05) is 139 Å². The molecule has 1 aliphatic heterocycles. The Labute approximate surface area is 249 Å². The van der Waals surface area contributed by atoms with E-state index in [1.807, 2.05) is 66.7 Å². The van der Waals surface area contributed by atoms with E-state index in [0.29, 0.717) is 11.7 Å². The monoisotopic (exact) mass is 552 g/mol. The summed E-state index contributed by atoms with van der Waals surface area (Å²) in [6.07, 6.45) is -0.407. The molecule has 43 heavy (non-hydrogen) atoms. The van der Waals surface area contributed by atoms with Gasteiger partial charge in [0, 0.05) is 10.8 Å². The zero-order valence-electron chi connectivity index (χ0n) is 23.3. The first-order chi connectivity index (χ1) is 21.3. The molecule has 2 heterocycles. The van der Waals surface area contributed by atoms with Crippen molar-refractivity contribution in [3.05, 3.63) is 174 Å². The van der Waals surface area contributed by atoms with Gasteiger partial charge in [-0.3, -0.25) is 4.99 Å². The van der Waals surface area contributed by atoms with Crippen LogP contribution in [0.4, 0.5) is 0 Å². The minimum Gasteiger partial charge on any atom is -0.456 e. The summed E-state index contributed by atoms with van der Waals surface area (Å²) in [5, 5.41) is 7.26. The molecule has 0 saturated heterocycles. The number of benzene rings is 6. The number of hydrogen-bond acceptors (Lipinski definition) is 3. The molecule has 0 bridgehead atoms. The molecular weight excluding hydrogens is 526 g/mol. The van der Waals surface area contributed by atoms with E-state index < -0.39 is 6.17 Å². The molecule has 6 aromatic carbocycles. The lowest BCUT2D eigenvalue weighted by molar-refractivity contribution is 0.669. The van der Waals surface area contributed by atoms with E-state index in [4.69, 9.17) is 19.7 Å². The van der Waals surface area contributed by atoms with Crippen LogP contribution in [-0.4, -0.2) is 11.7 Å². The first-order valence-corrected chi connectivity index (χ1v) is 14.4. The van der Waals surface area contributed by atoms with Gasteiger partial charge in [0.1, 0.15) is 11.2 Å². The molecule has 204 valence electrons. The van der Waals surface area contributed by atoms with Gasteiger partial charge in [0.15, 0.2) is 0 Å². The quantitative estimate of drug-likeness (QED) is 0.210. The van der Waals surface area contributed by atoms with Crippen molar-refractivity contribution in [3.63, 3.8) is 0 Å². The summed E-state index contributed by atoms with van der Waals surface area (Å²) in [4.78, 5) is 10.0. The van der Waals surface area contributed by atoms with E-state index >= 15 is 0 Å². The lowest BCUT2D eigenvalue weighted by Crippen LogP contribution is -2.16. The van der Waals surface area contributed by atoms with Gasteiger partial charge in [0.25, 0.3) is 0 Å². The van der Waals surface area contributed by atoms with Crippen LogP contribution in [0.1, 0.15) is 22.9 Å². The molecule has 1 atom stereocenters. The van der Waals surface area contributed by atoms with Gasteiger partial charge in [-0.2, -0.15) is 0 Å². The summed E-state index contributed by atoms with van der Waals surface area (Å²) in [7, 11) is 0. The Bertz CT molecular complexity index is 2150. The Balaban J connectivity index is 1.37. The Morgan fingerprint density at radius 1 is 0.512 bits per heavy atom. The maximum absolute atomic E-state index is 6.49. The third kappa shape index (κ3) is 4.59. The summed E-state index contributed by atoms with van der Waals surface area (Å²) < 4.78 is 6.49. The lowest BCUT2D eigenvalue weighted by atomic mass is 9.90. The standard InChI is InChI=1S/C39H26N3O/c1-4-14-26(15-5-1)30-20-10-11-21-31(30)33-24-29(25-35-36(33)32-22-12-13-23-34(32)43-35)39-41-37(27-16-6-2-7-17-27)40-38(42-39)28-18-8-3-9-19-28/h1-25,37H/q-1. The third-order valence-corrected chi connectivity index (χ3v) is 7.87. The number of aliphatic imine (C=N–C) groups is 2.